The monoisotopic (exact) mass is 267 g/mol. The molecule has 0 radical (unpaired) electrons. The fraction of sp³-hybridized carbons (Fsp3) is 0.500. The van der Waals surface area contributed by atoms with E-state index in [0.29, 0.717) is 32.2 Å². The summed E-state index contributed by atoms with van der Waals surface area (Å²) in [6.45, 7) is 2.46. The fourth-order valence-electron chi connectivity index (χ4n) is 2.16. The largest absolute Gasteiger partial charge is 0.381 e. The van der Waals surface area contributed by atoms with Crippen molar-refractivity contribution in [2.75, 3.05) is 25.6 Å². The molecule has 1 aliphatic heterocycles. The van der Waals surface area contributed by atoms with Gasteiger partial charge in [0.25, 0.3) is 0 Å². The van der Waals surface area contributed by atoms with Gasteiger partial charge in [-0.1, -0.05) is 30.3 Å². The van der Waals surface area contributed by atoms with Gasteiger partial charge in [-0.3, -0.25) is 4.79 Å². The standard InChI is InChI=1S/C14H18ClNO2/c15-7-8-16(10-12-4-2-1-3-5-12)14(17)13-6-9-18-11-13/h1-5,13H,6-11H2. The second kappa shape index (κ2) is 6.76. The molecule has 1 aromatic carbocycles. The Hall–Kier alpha value is -1.06. The maximum atomic E-state index is 12.3. The van der Waals surface area contributed by atoms with Crippen LogP contribution in [0.4, 0.5) is 0 Å². The van der Waals surface area contributed by atoms with Crippen LogP contribution in [0.15, 0.2) is 30.3 Å². The molecule has 0 bridgehead atoms. The number of halogens is 1. The van der Waals surface area contributed by atoms with Crippen molar-refractivity contribution >= 4 is 17.5 Å². The van der Waals surface area contributed by atoms with Crippen molar-refractivity contribution in [1.29, 1.82) is 0 Å². The van der Waals surface area contributed by atoms with Crippen LogP contribution in [0, 0.1) is 5.92 Å². The Bertz CT molecular complexity index is 377. The van der Waals surface area contributed by atoms with E-state index in [1.807, 2.05) is 35.2 Å². The van der Waals surface area contributed by atoms with Crippen LogP contribution >= 0.6 is 11.6 Å². The molecular weight excluding hydrogens is 250 g/mol. The maximum Gasteiger partial charge on any atom is 0.228 e. The quantitative estimate of drug-likeness (QED) is 0.766. The first-order valence-corrected chi connectivity index (χ1v) is 6.81. The first kappa shape index (κ1) is 13.4. The van der Waals surface area contributed by atoms with Gasteiger partial charge in [-0.15, -0.1) is 11.6 Å². The molecule has 2 rings (SSSR count). The number of hydrogen-bond donors (Lipinski definition) is 0. The minimum Gasteiger partial charge on any atom is -0.381 e. The Balaban J connectivity index is 2.00. The molecule has 1 fully saturated rings. The van der Waals surface area contributed by atoms with Crippen LogP contribution in [0.1, 0.15) is 12.0 Å². The minimum atomic E-state index is 0.0110. The molecule has 1 atom stereocenters. The lowest BCUT2D eigenvalue weighted by atomic mass is 10.1. The van der Waals surface area contributed by atoms with Crippen molar-refractivity contribution in [3.05, 3.63) is 35.9 Å². The molecule has 1 aliphatic rings. The van der Waals surface area contributed by atoms with E-state index in [-0.39, 0.29) is 11.8 Å². The highest BCUT2D eigenvalue weighted by Gasteiger charge is 2.27. The van der Waals surface area contributed by atoms with Gasteiger partial charge in [-0.25, -0.2) is 0 Å². The van der Waals surface area contributed by atoms with Gasteiger partial charge in [0.2, 0.25) is 5.91 Å². The van der Waals surface area contributed by atoms with E-state index >= 15 is 0 Å². The van der Waals surface area contributed by atoms with Gasteiger partial charge >= 0.3 is 0 Å². The zero-order valence-corrected chi connectivity index (χ0v) is 11.1. The molecule has 0 aliphatic carbocycles. The Kier molecular flexibility index (Phi) is 5.02. The Morgan fingerprint density at radius 3 is 2.78 bits per heavy atom. The van der Waals surface area contributed by atoms with Crippen molar-refractivity contribution in [1.82, 2.24) is 4.90 Å². The molecule has 98 valence electrons. The molecule has 0 spiro atoms. The smallest absolute Gasteiger partial charge is 0.228 e. The first-order chi connectivity index (χ1) is 8.81. The number of rotatable bonds is 5. The number of hydrogen-bond acceptors (Lipinski definition) is 2. The van der Waals surface area contributed by atoms with Gasteiger partial charge in [-0.2, -0.15) is 0 Å². The van der Waals surface area contributed by atoms with Gasteiger partial charge < -0.3 is 9.64 Å². The van der Waals surface area contributed by atoms with Crippen LogP contribution in [0.3, 0.4) is 0 Å². The van der Waals surface area contributed by atoms with E-state index in [2.05, 4.69) is 0 Å². The highest BCUT2D eigenvalue weighted by molar-refractivity contribution is 6.18. The van der Waals surface area contributed by atoms with E-state index in [0.717, 1.165) is 12.0 Å². The Morgan fingerprint density at radius 2 is 2.17 bits per heavy atom. The fourth-order valence-corrected chi connectivity index (χ4v) is 2.36. The zero-order valence-electron chi connectivity index (χ0n) is 10.3. The van der Waals surface area contributed by atoms with Crippen molar-refractivity contribution in [3.8, 4) is 0 Å². The van der Waals surface area contributed by atoms with Gasteiger partial charge in [0.05, 0.1) is 12.5 Å². The third-order valence-electron chi connectivity index (χ3n) is 3.16. The van der Waals surface area contributed by atoms with Crippen molar-refractivity contribution < 1.29 is 9.53 Å². The Labute approximate surface area is 113 Å². The lowest BCUT2D eigenvalue weighted by molar-refractivity contribution is -0.135. The molecule has 0 N–H and O–H groups in total. The summed E-state index contributed by atoms with van der Waals surface area (Å²) in [6.07, 6.45) is 0.826. The number of carbonyl (C=O) groups excluding carboxylic acids is 1. The number of ether oxygens (including phenoxy) is 1. The summed E-state index contributed by atoms with van der Waals surface area (Å²) >= 11 is 5.79. The van der Waals surface area contributed by atoms with Crippen molar-refractivity contribution in [3.63, 3.8) is 0 Å². The molecule has 18 heavy (non-hydrogen) atoms. The molecule has 1 saturated heterocycles. The normalized spacial score (nSPS) is 18.8. The van der Waals surface area contributed by atoms with Crippen molar-refractivity contribution in [2.24, 2.45) is 5.92 Å². The first-order valence-electron chi connectivity index (χ1n) is 6.27. The van der Waals surface area contributed by atoms with Gasteiger partial charge in [-0.05, 0) is 12.0 Å². The van der Waals surface area contributed by atoms with Gasteiger partial charge in [0.1, 0.15) is 0 Å². The lowest BCUT2D eigenvalue weighted by Crippen LogP contribution is -2.37. The second-order valence-electron chi connectivity index (χ2n) is 4.49. The van der Waals surface area contributed by atoms with Crippen LogP contribution in [0.5, 0.6) is 0 Å². The Morgan fingerprint density at radius 1 is 1.39 bits per heavy atom. The van der Waals surface area contributed by atoms with Crippen LogP contribution in [-0.2, 0) is 16.1 Å². The van der Waals surface area contributed by atoms with Crippen LogP contribution in [0.25, 0.3) is 0 Å². The topological polar surface area (TPSA) is 29.5 Å². The molecular formula is C14H18ClNO2. The zero-order chi connectivity index (χ0) is 12.8. The van der Waals surface area contributed by atoms with E-state index in [9.17, 15) is 4.79 Å². The third-order valence-corrected chi connectivity index (χ3v) is 3.33. The highest BCUT2D eigenvalue weighted by Crippen LogP contribution is 2.17. The summed E-state index contributed by atoms with van der Waals surface area (Å²) in [5, 5.41) is 0. The van der Waals surface area contributed by atoms with Crippen LogP contribution in [0.2, 0.25) is 0 Å². The predicted molar refractivity (Wildman–Crippen MR) is 71.5 cm³/mol. The molecule has 3 nitrogen and oxygen atoms in total. The summed E-state index contributed by atoms with van der Waals surface area (Å²) < 4.78 is 5.28. The minimum absolute atomic E-state index is 0.0110. The number of nitrogens with zero attached hydrogens (tertiary/aromatic N) is 1. The highest BCUT2D eigenvalue weighted by atomic mass is 35.5. The summed E-state index contributed by atoms with van der Waals surface area (Å²) in [5.74, 6) is 0.639. The summed E-state index contributed by atoms with van der Waals surface area (Å²) in [4.78, 5) is 14.2. The molecule has 1 amide bonds. The molecule has 4 heteroatoms. The second-order valence-corrected chi connectivity index (χ2v) is 4.87. The predicted octanol–water partition coefficient (Wildman–Crippen LogP) is 2.29. The number of alkyl halides is 1. The van der Waals surface area contributed by atoms with E-state index < -0.39 is 0 Å². The molecule has 0 aromatic heterocycles. The maximum absolute atomic E-state index is 12.3. The van der Waals surface area contributed by atoms with E-state index in [1.165, 1.54) is 0 Å². The summed E-state index contributed by atoms with van der Waals surface area (Å²) in [5.41, 5.74) is 1.13. The lowest BCUT2D eigenvalue weighted by Gasteiger charge is -2.24. The average Bonchev–Trinajstić information content (AvgIpc) is 2.92. The molecule has 1 unspecified atom stereocenters. The molecule has 1 aromatic rings. The SMILES string of the molecule is O=C(C1CCOC1)N(CCCl)Cc1ccccc1. The molecule has 1 heterocycles. The number of amides is 1. The van der Waals surface area contributed by atoms with Crippen LogP contribution in [-0.4, -0.2) is 36.4 Å². The third kappa shape index (κ3) is 3.47. The van der Waals surface area contributed by atoms with Gasteiger partial charge in [0.15, 0.2) is 0 Å². The van der Waals surface area contributed by atoms with Crippen LogP contribution < -0.4 is 0 Å². The van der Waals surface area contributed by atoms with E-state index in [1.54, 1.807) is 0 Å². The van der Waals surface area contributed by atoms with E-state index in [4.69, 9.17) is 16.3 Å². The summed E-state index contributed by atoms with van der Waals surface area (Å²) in [6, 6.07) is 10.00. The summed E-state index contributed by atoms with van der Waals surface area (Å²) in [7, 11) is 0. The number of benzene rings is 1. The van der Waals surface area contributed by atoms with Crippen molar-refractivity contribution in [2.45, 2.75) is 13.0 Å². The number of carbonyl (C=O) groups is 1. The van der Waals surface area contributed by atoms with Gasteiger partial charge in [0, 0.05) is 25.6 Å². The average molecular weight is 268 g/mol. The molecule has 0 saturated carbocycles.